The zero-order valence-corrected chi connectivity index (χ0v) is 25.0. The second-order valence-electron chi connectivity index (χ2n) is 12.6. The first kappa shape index (κ1) is 30.8. The maximum atomic E-state index is 13.8. The van der Waals surface area contributed by atoms with Gasteiger partial charge in [-0.1, -0.05) is 32.9 Å². The smallest absolute Gasteiger partial charge is 0.255 e. The lowest BCUT2D eigenvalue weighted by molar-refractivity contribution is -0.147. The molecule has 7 N–H and O–H groups in total. The molecule has 3 atom stereocenters. The quantitative estimate of drug-likeness (QED) is 0.268. The fraction of sp³-hybridized carbons (Fsp3) is 0.394. The number of carbonyl (C=O) groups is 4. The monoisotopic (exact) mass is 604 g/mol. The lowest BCUT2D eigenvalue weighted by Crippen LogP contribution is -2.58. The molecular weight excluding hydrogens is 568 g/mol. The van der Waals surface area contributed by atoms with Crippen LogP contribution < -0.4 is 15.8 Å². The van der Waals surface area contributed by atoms with Crippen molar-refractivity contribution in [2.75, 3.05) is 6.61 Å². The highest BCUT2D eigenvalue weighted by molar-refractivity contribution is 6.22. The summed E-state index contributed by atoms with van der Waals surface area (Å²) in [5.74, 6) is -6.32. The molecule has 44 heavy (non-hydrogen) atoms. The molecule has 0 radical (unpaired) electrons. The highest BCUT2D eigenvalue weighted by Gasteiger charge is 2.60. The molecule has 0 heterocycles. The van der Waals surface area contributed by atoms with Crippen molar-refractivity contribution in [2.24, 2.45) is 23.0 Å². The topological polar surface area (TPSA) is 196 Å². The molecule has 0 unspecified atom stereocenters. The minimum absolute atomic E-state index is 0.00565. The molecule has 0 saturated heterocycles. The van der Waals surface area contributed by atoms with Crippen LogP contribution >= 0.6 is 0 Å². The number of hydrogen-bond acceptors (Lipinski definition) is 9. The minimum Gasteiger partial charge on any atom is -0.508 e. The number of phenolic OH excluding ortho intramolecular Hbond substituents is 1. The summed E-state index contributed by atoms with van der Waals surface area (Å²) in [5.41, 5.74) is 3.63. The molecule has 1 saturated carbocycles. The van der Waals surface area contributed by atoms with Crippen LogP contribution in [0.25, 0.3) is 16.9 Å². The molecule has 3 aliphatic carbocycles. The van der Waals surface area contributed by atoms with E-state index in [2.05, 4.69) is 5.32 Å². The van der Waals surface area contributed by atoms with Gasteiger partial charge in [0.15, 0.2) is 11.4 Å². The number of Topliss-reactive ketones (excluding diaryl/α,β-unsaturated/α-hetero) is 2. The van der Waals surface area contributed by atoms with Crippen LogP contribution in [-0.4, -0.2) is 56.0 Å². The molecule has 5 rings (SSSR count). The SMILES string of the molecule is CCOc1ccc(-c2ccc(O)c3c2C[C@H]2C[C@H]4CC(=O)C(C(N)=O)=C(O)[C@@]4(O)C(=O)C2=C3O)cc1CNC(=O)C(C)(C)C. The fourth-order valence-electron chi connectivity index (χ4n) is 6.51. The Morgan fingerprint density at radius 2 is 1.80 bits per heavy atom. The van der Waals surface area contributed by atoms with Crippen molar-refractivity contribution in [3.05, 3.63) is 63.9 Å². The Balaban J connectivity index is 1.61. The minimum atomic E-state index is -2.62. The van der Waals surface area contributed by atoms with Gasteiger partial charge in [0, 0.05) is 35.4 Å². The van der Waals surface area contributed by atoms with Gasteiger partial charge in [0.1, 0.15) is 28.6 Å². The van der Waals surface area contributed by atoms with E-state index in [9.17, 15) is 39.6 Å². The number of aromatic hydroxyl groups is 1. The molecule has 11 nitrogen and oxygen atoms in total. The summed E-state index contributed by atoms with van der Waals surface area (Å²) in [6.45, 7) is 7.90. The van der Waals surface area contributed by atoms with Crippen molar-refractivity contribution in [1.82, 2.24) is 5.32 Å². The van der Waals surface area contributed by atoms with Gasteiger partial charge in [0.2, 0.25) is 11.7 Å². The van der Waals surface area contributed by atoms with Gasteiger partial charge in [-0.2, -0.15) is 0 Å². The number of benzene rings is 2. The molecule has 0 aromatic heterocycles. The third-order valence-corrected chi connectivity index (χ3v) is 8.74. The zero-order valence-electron chi connectivity index (χ0n) is 25.0. The average molecular weight is 605 g/mol. The van der Waals surface area contributed by atoms with Crippen LogP contribution in [-0.2, 0) is 32.1 Å². The molecule has 2 aromatic rings. The lowest BCUT2D eigenvalue weighted by atomic mass is 9.59. The molecule has 2 aromatic carbocycles. The molecular formula is C33H36N2O9. The first-order valence-electron chi connectivity index (χ1n) is 14.5. The van der Waals surface area contributed by atoms with Gasteiger partial charge in [-0.25, -0.2) is 0 Å². The van der Waals surface area contributed by atoms with E-state index in [0.29, 0.717) is 34.6 Å². The Hall–Kier alpha value is -4.64. The van der Waals surface area contributed by atoms with Crippen LogP contribution in [0.15, 0.2) is 47.2 Å². The Bertz CT molecular complexity index is 1680. The molecule has 11 heteroatoms. The highest BCUT2D eigenvalue weighted by atomic mass is 16.5. The summed E-state index contributed by atoms with van der Waals surface area (Å²) in [5, 5.41) is 47.5. The largest absolute Gasteiger partial charge is 0.508 e. The predicted molar refractivity (Wildman–Crippen MR) is 159 cm³/mol. The van der Waals surface area contributed by atoms with E-state index in [1.807, 2.05) is 39.8 Å². The Kier molecular flexibility index (Phi) is 7.57. The number of fused-ring (bicyclic) bond motifs is 3. The molecule has 0 spiro atoms. The predicted octanol–water partition coefficient (Wildman–Crippen LogP) is 3.15. The van der Waals surface area contributed by atoms with Crippen LogP contribution in [0.3, 0.4) is 0 Å². The highest BCUT2D eigenvalue weighted by Crippen LogP contribution is 2.53. The molecule has 0 bridgehead atoms. The number of primary amides is 1. The number of aliphatic hydroxyl groups is 3. The number of ketones is 2. The second-order valence-corrected chi connectivity index (χ2v) is 12.6. The Labute approximate surface area is 254 Å². The summed E-state index contributed by atoms with van der Waals surface area (Å²) in [4.78, 5) is 50.9. The summed E-state index contributed by atoms with van der Waals surface area (Å²) >= 11 is 0. The van der Waals surface area contributed by atoms with Crippen molar-refractivity contribution >= 4 is 29.1 Å². The number of nitrogens with two attached hydrogens (primary N) is 1. The number of phenols is 1. The van der Waals surface area contributed by atoms with Crippen LogP contribution in [0.5, 0.6) is 11.5 Å². The number of hydrogen-bond donors (Lipinski definition) is 6. The number of ether oxygens (including phenoxy) is 1. The van der Waals surface area contributed by atoms with Crippen molar-refractivity contribution in [3.8, 4) is 22.6 Å². The number of amides is 2. The van der Waals surface area contributed by atoms with Gasteiger partial charge in [-0.3, -0.25) is 19.2 Å². The van der Waals surface area contributed by atoms with Gasteiger partial charge in [-0.15, -0.1) is 0 Å². The van der Waals surface area contributed by atoms with E-state index in [-0.39, 0.29) is 42.2 Å². The third kappa shape index (κ3) is 4.81. The van der Waals surface area contributed by atoms with E-state index in [1.54, 1.807) is 12.1 Å². The standard InChI is InChI=1S/C33H36N2O9/c1-5-44-23-9-6-15(10-17(23)14-35-31(42)32(2,3)4)19-7-8-21(36)25-20(19)12-16-11-18-13-22(37)26(30(34)41)29(40)33(18,43)28(39)24(16)27(25)38/h6-10,16,18,36,38,40,43H,5,11-14H2,1-4H3,(H2,34,41)(H,35,42)/t16-,18+,33+/m1/s1. The summed E-state index contributed by atoms with van der Waals surface area (Å²) in [6, 6.07) is 8.54. The number of aliphatic hydroxyl groups excluding tert-OH is 2. The van der Waals surface area contributed by atoms with Crippen molar-refractivity contribution in [1.29, 1.82) is 0 Å². The maximum absolute atomic E-state index is 13.8. The maximum Gasteiger partial charge on any atom is 0.255 e. The Morgan fingerprint density at radius 1 is 1.09 bits per heavy atom. The number of rotatable bonds is 6. The van der Waals surface area contributed by atoms with E-state index in [1.165, 1.54) is 6.07 Å². The van der Waals surface area contributed by atoms with Gasteiger partial charge >= 0.3 is 0 Å². The van der Waals surface area contributed by atoms with Gasteiger partial charge in [0.25, 0.3) is 5.91 Å². The third-order valence-electron chi connectivity index (χ3n) is 8.74. The van der Waals surface area contributed by atoms with Crippen LogP contribution in [0.2, 0.25) is 0 Å². The zero-order chi connectivity index (χ0) is 32.3. The molecule has 232 valence electrons. The van der Waals surface area contributed by atoms with E-state index < -0.39 is 63.8 Å². The van der Waals surface area contributed by atoms with Crippen LogP contribution in [0.1, 0.15) is 57.2 Å². The number of nitrogens with one attached hydrogen (secondary N) is 1. The normalized spacial score (nSPS) is 23.1. The molecule has 3 aliphatic rings. The first-order valence-corrected chi connectivity index (χ1v) is 14.5. The second kappa shape index (κ2) is 10.8. The summed E-state index contributed by atoms with van der Waals surface area (Å²) < 4.78 is 5.80. The average Bonchev–Trinajstić information content (AvgIpc) is 2.94. The molecule has 1 fully saturated rings. The van der Waals surface area contributed by atoms with Gasteiger partial charge in [-0.05, 0) is 60.6 Å². The van der Waals surface area contributed by atoms with E-state index in [0.717, 1.165) is 0 Å². The van der Waals surface area contributed by atoms with Crippen molar-refractivity contribution in [2.45, 2.75) is 59.1 Å². The fourth-order valence-corrected chi connectivity index (χ4v) is 6.51. The van der Waals surface area contributed by atoms with Crippen LogP contribution in [0.4, 0.5) is 0 Å². The first-order chi connectivity index (χ1) is 20.6. The van der Waals surface area contributed by atoms with E-state index in [4.69, 9.17) is 10.5 Å². The van der Waals surface area contributed by atoms with E-state index >= 15 is 0 Å². The van der Waals surface area contributed by atoms with Crippen LogP contribution in [0, 0.1) is 17.3 Å². The summed E-state index contributed by atoms with van der Waals surface area (Å²) in [7, 11) is 0. The summed E-state index contributed by atoms with van der Waals surface area (Å²) in [6.07, 6.45) is -0.190. The lowest BCUT2D eigenvalue weighted by Gasteiger charge is -2.46. The molecule has 2 amide bonds. The van der Waals surface area contributed by atoms with Crippen molar-refractivity contribution in [3.63, 3.8) is 0 Å². The van der Waals surface area contributed by atoms with Crippen molar-refractivity contribution < 1.29 is 44.3 Å². The molecule has 0 aliphatic heterocycles. The number of carbonyl (C=O) groups excluding carboxylic acids is 4. The van der Waals surface area contributed by atoms with Gasteiger partial charge < -0.3 is 36.2 Å². The Morgan fingerprint density at radius 3 is 2.43 bits per heavy atom. The van der Waals surface area contributed by atoms with Gasteiger partial charge in [0.05, 0.1) is 12.2 Å².